The molecule has 1 aromatic heterocycles. The van der Waals surface area contributed by atoms with Crippen molar-refractivity contribution in [1.29, 1.82) is 0 Å². The number of nitrogens with zero attached hydrogens (tertiary/aromatic N) is 1. The SMILES string of the molecule is O=C(/C=C/c1ccco1)OCCCCON(O)O. The van der Waals surface area contributed by atoms with Gasteiger partial charge in [0, 0.05) is 6.08 Å². The highest BCUT2D eigenvalue weighted by atomic mass is 17.1. The number of carbonyl (C=O) groups excluding carboxylic acids is 1. The Kier molecular flexibility index (Phi) is 6.74. The van der Waals surface area contributed by atoms with E-state index in [1.54, 1.807) is 12.1 Å². The first-order valence-electron chi connectivity index (χ1n) is 5.37. The zero-order valence-electron chi connectivity index (χ0n) is 9.69. The number of furan rings is 1. The fraction of sp³-hybridized carbons (Fsp3) is 0.364. The number of hydrogen-bond donors (Lipinski definition) is 2. The van der Waals surface area contributed by atoms with Crippen LogP contribution in [-0.4, -0.2) is 35.0 Å². The first-order chi connectivity index (χ1) is 8.68. The highest BCUT2D eigenvalue weighted by Gasteiger charge is 1.99. The molecule has 0 saturated carbocycles. The maximum Gasteiger partial charge on any atom is 0.330 e. The van der Waals surface area contributed by atoms with Gasteiger partial charge in [0.15, 0.2) is 0 Å². The van der Waals surface area contributed by atoms with Crippen molar-refractivity contribution in [3.63, 3.8) is 0 Å². The lowest BCUT2D eigenvalue weighted by molar-refractivity contribution is -0.492. The summed E-state index contributed by atoms with van der Waals surface area (Å²) in [5.74, 6) is 0.115. The lowest BCUT2D eigenvalue weighted by Crippen LogP contribution is -2.15. The molecular formula is C11H15NO6. The fourth-order valence-electron chi connectivity index (χ4n) is 1.11. The second-order valence-electron chi connectivity index (χ2n) is 3.31. The third-order valence-electron chi connectivity index (χ3n) is 1.92. The van der Waals surface area contributed by atoms with Crippen LogP contribution in [0.15, 0.2) is 28.9 Å². The minimum atomic E-state index is -0.460. The summed E-state index contributed by atoms with van der Waals surface area (Å²) in [7, 11) is 0. The molecule has 0 amide bonds. The molecule has 1 aromatic rings. The van der Waals surface area contributed by atoms with Crippen molar-refractivity contribution in [3.05, 3.63) is 30.2 Å². The summed E-state index contributed by atoms with van der Waals surface area (Å²) >= 11 is 0. The number of esters is 1. The van der Waals surface area contributed by atoms with Crippen LogP contribution in [0.1, 0.15) is 18.6 Å². The summed E-state index contributed by atoms with van der Waals surface area (Å²) in [6, 6.07) is 3.44. The Bertz CT molecular complexity index is 360. The van der Waals surface area contributed by atoms with Crippen molar-refractivity contribution >= 4 is 12.0 Å². The van der Waals surface area contributed by atoms with Crippen LogP contribution >= 0.6 is 0 Å². The van der Waals surface area contributed by atoms with Gasteiger partial charge in [0.25, 0.3) is 0 Å². The van der Waals surface area contributed by atoms with Crippen molar-refractivity contribution in [1.82, 2.24) is 5.39 Å². The number of ether oxygens (including phenoxy) is 1. The monoisotopic (exact) mass is 257 g/mol. The predicted molar refractivity (Wildman–Crippen MR) is 59.3 cm³/mol. The van der Waals surface area contributed by atoms with Crippen molar-refractivity contribution in [2.24, 2.45) is 0 Å². The van der Waals surface area contributed by atoms with Crippen molar-refractivity contribution in [3.8, 4) is 0 Å². The van der Waals surface area contributed by atoms with Crippen LogP contribution in [0.3, 0.4) is 0 Å². The molecule has 18 heavy (non-hydrogen) atoms. The molecular weight excluding hydrogens is 242 g/mol. The molecule has 0 atom stereocenters. The highest BCUT2D eigenvalue weighted by molar-refractivity contribution is 5.86. The van der Waals surface area contributed by atoms with Gasteiger partial charge in [0.05, 0.1) is 24.9 Å². The van der Waals surface area contributed by atoms with E-state index in [1.165, 1.54) is 18.4 Å². The molecule has 7 nitrogen and oxygen atoms in total. The molecule has 0 spiro atoms. The second kappa shape index (κ2) is 8.43. The van der Waals surface area contributed by atoms with Gasteiger partial charge in [-0.2, -0.15) is 0 Å². The van der Waals surface area contributed by atoms with Crippen LogP contribution in [0.25, 0.3) is 6.08 Å². The van der Waals surface area contributed by atoms with Crippen LogP contribution in [0.2, 0.25) is 0 Å². The maximum absolute atomic E-state index is 11.2. The van der Waals surface area contributed by atoms with Gasteiger partial charge in [-0.1, -0.05) is 0 Å². The summed E-state index contributed by atoms with van der Waals surface area (Å²) < 4.78 is 9.89. The van der Waals surface area contributed by atoms with Crippen molar-refractivity contribution < 1.29 is 29.2 Å². The molecule has 0 aliphatic rings. The summed E-state index contributed by atoms with van der Waals surface area (Å²) in [5, 5.41) is 16.1. The van der Waals surface area contributed by atoms with Crippen molar-refractivity contribution in [2.45, 2.75) is 12.8 Å². The molecule has 2 N–H and O–H groups in total. The van der Waals surface area contributed by atoms with Gasteiger partial charge in [0.1, 0.15) is 5.76 Å². The molecule has 0 aliphatic carbocycles. The van der Waals surface area contributed by atoms with E-state index in [4.69, 9.17) is 19.6 Å². The Morgan fingerprint density at radius 3 is 2.83 bits per heavy atom. The predicted octanol–water partition coefficient (Wildman–Crippen LogP) is 1.63. The lowest BCUT2D eigenvalue weighted by atomic mass is 10.3. The maximum atomic E-state index is 11.2. The van der Waals surface area contributed by atoms with Gasteiger partial charge in [-0.15, -0.1) is 0 Å². The zero-order valence-corrected chi connectivity index (χ0v) is 9.69. The minimum Gasteiger partial charge on any atom is -0.465 e. The van der Waals surface area contributed by atoms with E-state index >= 15 is 0 Å². The average Bonchev–Trinajstić information content (AvgIpc) is 2.83. The fourth-order valence-corrected chi connectivity index (χ4v) is 1.11. The Morgan fingerprint density at radius 1 is 1.39 bits per heavy atom. The lowest BCUT2D eigenvalue weighted by Gasteiger charge is -2.05. The summed E-state index contributed by atoms with van der Waals surface area (Å²) in [4.78, 5) is 15.5. The van der Waals surface area contributed by atoms with Crippen LogP contribution in [0, 0.1) is 0 Å². The number of hydrogen-bond acceptors (Lipinski definition) is 7. The van der Waals surface area contributed by atoms with Gasteiger partial charge in [-0.3, -0.25) is 15.3 Å². The van der Waals surface area contributed by atoms with E-state index in [1.807, 2.05) is 0 Å². The first kappa shape index (κ1) is 14.4. The summed E-state index contributed by atoms with van der Waals surface area (Å²) in [6.07, 6.45) is 5.40. The van der Waals surface area contributed by atoms with Gasteiger partial charge < -0.3 is 9.15 Å². The van der Waals surface area contributed by atoms with E-state index in [9.17, 15) is 4.79 Å². The molecule has 0 radical (unpaired) electrons. The summed E-state index contributed by atoms with van der Waals surface area (Å²) in [5.41, 5.74) is 0. The highest BCUT2D eigenvalue weighted by Crippen LogP contribution is 2.02. The van der Waals surface area contributed by atoms with E-state index in [0.717, 1.165) is 0 Å². The number of unbranched alkanes of at least 4 members (excludes halogenated alkanes) is 1. The topological polar surface area (TPSA) is 92.4 Å². The van der Waals surface area contributed by atoms with Gasteiger partial charge in [0.2, 0.25) is 0 Å². The second-order valence-corrected chi connectivity index (χ2v) is 3.31. The van der Waals surface area contributed by atoms with Gasteiger partial charge in [-0.05, 0) is 31.1 Å². The quantitative estimate of drug-likeness (QED) is 0.316. The molecule has 7 heteroatoms. The average molecular weight is 257 g/mol. The molecule has 0 aliphatic heterocycles. The first-order valence-corrected chi connectivity index (χ1v) is 5.37. The third-order valence-corrected chi connectivity index (χ3v) is 1.92. The van der Waals surface area contributed by atoms with Gasteiger partial charge >= 0.3 is 5.97 Å². The Balaban J connectivity index is 2.03. The van der Waals surface area contributed by atoms with E-state index in [-0.39, 0.29) is 18.6 Å². The van der Waals surface area contributed by atoms with Crippen molar-refractivity contribution in [2.75, 3.05) is 13.2 Å². The largest absolute Gasteiger partial charge is 0.465 e. The molecule has 0 saturated heterocycles. The number of carbonyl (C=O) groups is 1. The molecule has 0 unspecified atom stereocenters. The number of rotatable bonds is 8. The minimum absolute atomic E-state index is 0.132. The van der Waals surface area contributed by atoms with E-state index in [2.05, 4.69) is 4.84 Å². The Hall–Kier alpha value is -1.67. The molecule has 1 heterocycles. The molecule has 100 valence electrons. The molecule has 0 fully saturated rings. The van der Waals surface area contributed by atoms with Gasteiger partial charge in [-0.25, -0.2) is 4.79 Å². The van der Waals surface area contributed by atoms with Crippen LogP contribution in [0.5, 0.6) is 0 Å². The molecule has 1 rings (SSSR count). The molecule has 0 aromatic carbocycles. The Morgan fingerprint density at radius 2 is 2.17 bits per heavy atom. The Labute approximate surface area is 104 Å². The summed E-state index contributed by atoms with van der Waals surface area (Å²) in [6.45, 7) is 0.369. The van der Waals surface area contributed by atoms with Crippen LogP contribution in [0.4, 0.5) is 0 Å². The van der Waals surface area contributed by atoms with E-state index < -0.39 is 5.97 Å². The van der Waals surface area contributed by atoms with Crippen LogP contribution in [-0.2, 0) is 14.4 Å². The standard InChI is InChI=1S/C11H15NO6/c13-11(6-5-10-4-3-8-16-10)17-7-1-2-9-18-12(14)15/h3-6,8,14-15H,1-2,7,9H2/b6-5+. The third kappa shape index (κ3) is 6.81. The van der Waals surface area contributed by atoms with Crippen LogP contribution < -0.4 is 0 Å². The smallest absolute Gasteiger partial charge is 0.330 e. The normalized spacial score (nSPS) is 11.3. The zero-order chi connectivity index (χ0) is 13.2. The van der Waals surface area contributed by atoms with E-state index in [0.29, 0.717) is 18.6 Å². The molecule has 0 bridgehead atoms.